The number of nitro benzene ring substituents is 1. The Kier molecular flexibility index (Phi) is 7.71. The maximum absolute atomic E-state index is 12.7. The predicted molar refractivity (Wildman–Crippen MR) is 89.2 cm³/mol. The van der Waals surface area contributed by atoms with Gasteiger partial charge in [-0.15, -0.1) is 0 Å². The number of hydrogen-bond acceptors (Lipinski definition) is 7. The molecule has 0 fully saturated rings. The van der Waals surface area contributed by atoms with Gasteiger partial charge in [0.2, 0.25) is 5.91 Å². The first kappa shape index (κ1) is 22.7. The van der Waals surface area contributed by atoms with Crippen LogP contribution in [0.4, 0.5) is 24.5 Å². The molecule has 3 N–H and O–H groups in total. The van der Waals surface area contributed by atoms with Gasteiger partial charge in [0.15, 0.2) is 6.61 Å². The van der Waals surface area contributed by atoms with E-state index in [1.807, 2.05) is 0 Å². The number of nitrogens with one attached hydrogen (secondary N) is 3. The molecule has 0 unspecified atom stereocenters. The number of esters is 1. The predicted octanol–water partition coefficient (Wildman–Crippen LogP) is 0.819. The number of alkyl halides is 3. The van der Waals surface area contributed by atoms with Crippen LogP contribution in [-0.4, -0.2) is 48.9 Å². The third kappa shape index (κ3) is 6.74. The van der Waals surface area contributed by atoms with Gasteiger partial charge in [-0.25, -0.2) is 4.79 Å². The van der Waals surface area contributed by atoms with E-state index < -0.39 is 52.8 Å². The molecule has 0 aliphatic rings. The molecule has 0 saturated heterocycles. The fourth-order valence-electron chi connectivity index (χ4n) is 1.85. The average molecular weight is 406 g/mol. The molecule has 154 valence electrons. The standard InChI is InChI=1S/C15H17F3N4O6/c1-8(14(25)28-7-13(24)20-6-12(23)19-2)21-10-4-3-9(15(16,17)18)5-11(10)22(26)27/h3-5,8,21H,6-7H2,1-2H3,(H,19,23)(H,20,24)/t8-/m0/s1. The second-order valence-electron chi connectivity index (χ2n) is 5.41. The first-order valence-corrected chi connectivity index (χ1v) is 7.71. The van der Waals surface area contributed by atoms with Gasteiger partial charge in [0.05, 0.1) is 17.0 Å². The van der Waals surface area contributed by atoms with Gasteiger partial charge in [-0.2, -0.15) is 13.2 Å². The van der Waals surface area contributed by atoms with Crippen molar-refractivity contribution in [2.45, 2.75) is 19.1 Å². The van der Waals surface area contributed by atoms with Crippen LogP contribution in [0.5, 0.6) is 0 Å². The molecule has 0 heterocycles. The van der Waals surface area contributed by atoms with E-state index in [0.717, 1.165) is 6.07 Å². The number of nitro groups is 1. The van der Waals surface area contributed by atoms with Crippen molar-refractivity contribution in [3.8, 4) is 0 Å². The van der Waals surface area contributed by atoms with Gasteiger partial charge >= 0.3 is 12.1 Å². The van der Waals surface area contributed by atoms with Gasteiger partial charge in [-0.05, 0) is 19.1 Å². The summed E-state index contributed by atoms with van der Waals surface area (Å²) >= 11 is 0. The van der Waals surface area contributed by atoms with Crippen molar-refractivity contribution in [2.75, 3.05) is 25.5 Å². The van der Waals surface area contributed by atoms with Crippen LogP contribution in [0.2, 0.25) is 0 Å². The summed E-state index contributed by atoms with van der Waals surface area (Å²) in [5, 5.41) is 17.8. The smallest absolute Gasteiger partial charge is 0.416 e. The maximum atomic E-state index is 12.7. The summed E-state index contributed by atoms with van der Waals surface area (Å²) in [7, 11) is 1.36. The molecule has 13 heteroatoms. The number of carbonyl (C=O) groups excluding carboxylic acids is 3. The molecular formula is C15H17F3N4O6. The third-order valence-electron chi connectivity index (χ3n) is 3.32. The van der Waals surface area contributed by atoms with E-state index in [1.165, 1.54) is 14.0 Å². The molecule has 28 heavy (non-hydrogen) atoms. The van der Waals surface area contributed by atoms with E-state index >= 15 is 0 Å². The van der Waals surface area contributed by atoms with E-state index in [2.05, 4.69) is 20.7 Å². The summed E-state index contributed by atoms with van der Waals surface area (Å²) in [5.74, 6) is -2.21. The monoisotopic (exact) mass is 406 g/mol. The highest BCUT2D eigenvalue weighted by Crippen LogP contribution is 2.35. The third-order valence-corrected chi connectivity index (χ3v) is 3.32. The summed E-state index contributed by atoms with van der Waals surface area (Å²) in [4.78, 5) is 44.3. The first-order valence-electron chi connectivity index (χ1n) is 7.71. The topological polar surface area (TPSA) is 140 Å². The molecule has 1 rings (SSSR count). The molecule has 0 aromatic heterocycles. The second kappa shape index (κ2) is 9.53. The van der Waals surface area contributed by atoms with Crippen molar-refractivity contribution in [1.82, 2.24) is 10.6 Å². The number of anilines is 1. The largest absolute Gasteiger partial charge is 0.454 e. The van der Waals surface area contributed by atoms with Crippen molar-refractivity contribution in [2.24, 2.45) is 0 Å². The molecule has 0 aliphatic carbocycles. The Morgan fingerprint density at radius 2 is 1.89 bits per heavy atom. The fraction of sp³-hybridized carbons (Fsp3) is 0.400. The van der Waals surface area contributed by atoms with Crippen LogP contribution in [0.3, 0.4) is 0 Å². The zero-order chi connectivity index (χ0) is 21.5. The first-order chi connectivity index (χ1) is 13.0. The fourth-order valence-corrected chi connectivity index (χ4v) is 1.85. The van der Waals surface area contributed by atoms with Crippen molar-refractivity contribution in [3.63, 3.8) is 0 Å². The minimum atomic E-state index is -4.77. The highest BCUT2D eigenvalue weighted by atomic mass is 19.4. The van der Waals surface area contributed by atoms with Crippen LogP contribution in [0.15, 0.2) is 18.2 Å². The molecule has 0 spiro atoms. The van der Waals surface area contributed by atoms with E-state index in [1.54, 1.807) is 0 Å². The highest BCUT2D eigenvalue weighted by Gasteiger charge is 2.33. The van der Waals surface area contributed by atoms with E-state index in [9.17, 15) is 37.7 Å². The summed E-state index contributed by atoms with van der Waals surface area (Å²) in [6, 6.07) is 0.578. The summed E-state index contributed by atoms with van der Waals surface area (Å²) in [6.07, 6.45) is -4.77. The normalized spacial score (nSPS) is 11.9. The van der Waals surface area contributed by atoms with E-state index in [4.69, 9.17) is 0 Å². The summed E-state index contributed by atoms with van der Waals surface area (Å²) in [5.41, 5.74) is -2.42. The minimum absolute atomic E-state index is 0.321. The number of benzene rings is 1. The number of ether oxygens (including phenoxy) is 1. The van der Waals surface area contributed by atoms with Gasteiger partial charge in [0.1, 0.15) is 11.7 Å². The van der Waals surface area contributed by atoms with Crippen molar-refractivity contribution in [1.29, 1.82) is 0 Å². The lowest BCUT2D eigenvalue weighted by Gasteiger charge is -2.15. The van der Waals surface area contributed by atoms with Crippen LogP contribution < -0.4 is 16.0 Å². The van der Waals surface area contributed by atoms with Crippen molar-refractivity contribution >= 4 is 29.2 Å². The van der Waals surface area contributed by atoms with E-state index in [0.29, 0.717) is 12.1 Å². The number of rotatable bonds is 8. The Morgan fingerprint density at radius 3 is 2.43 bits per heavy atom. The van der Waals surface area contributed by atoms with Crippen LogP contribution >= 0.6 is 0 Å². The molecule has 0 radical (unpaired) electrons. The Hall–Kier alpha value is -3.38. The Balaban J connectivity index is 2.72. The highest BCUT2D eigenvalue weighted by molar-refractivity contribution is 5.87. The number of carbonyl (C=O) groups is 3. The lowest BCUT2D eigenvalue weighted by Crippen LogP contribution is -2.38. The molecule has 0 aliphatic heterocycles. The van der Waals surface area contributed by atoms with Crippen LogP contribution in [0.1, 0.15) is 12.5 Å². The Labute approximate surface area is 156 Å². The zero-order valence-corrected chi connectivity index (χ0v) is 14.8. The van der Waals surface area contributed by atoms with Gasteiger partial charge < -0.3 is 20.7 Å². The quantitative estimate of drug-likeness (QED) is 0.330. The molecule has 0 saturated carbocycles. The molecule has 1 aromatic rings. The number of halogens is 3. The second-order valence-corrected chi connectivity index (χ2v) is 5.41. The van der Waals surface area contributed by atoms with Crippen LogP contribution in [-0.2, 0) is 25.3 Å². The van der Waals surface area contributed by atoms with Gasteiger partial charge in [0.25, 0.3) is 11.6 Å². The summed E-state index contributed by atoms with van der Waals surface area (Å²) in [6.45, 7) is 0.210. The molecule has 1 atom stereocenters. The number of hydrogen-bond donors (Lipinski definition) is 3. The van der Waals surface area contributed by atoms with E-state index in [-0.39, 0.29) is 12.2 Å². The van der Waals surface area contributed by atoms with Crippen LogP contribution in [0.25, 0.3) is 0 Å². The lowest BCUT2D eigenvalue weighted by atomic mass is 10.1. The minimum Gasteiger partial charge on any atom is -0.454 e. The van der Waals surface area contributed by atoms with Gasteiger partial charge in [-0.1, -0.05) is 0 Å². The van der Waals surface area contributed by atoms with Crippen LogP contribution in [0, 0.1) is 10.1 Å². The molecule has 1 aromatic carbocycles. The zero-order valence-electron chi connectivity index (χ0n) is 14.8. The SMILES string of the molecule is CNC(=O)CNC(=O)COC(=O)[C@H](C)Nc1ccc(C(F)(F)F)cc1[N+](=O)[O-]. The van der Waals surface area contributed by atoms with Crippen molar-refractivity contribution < 1.29 is 37.2 Å². The van der Waals surface area contributed by atoms with Crippen molar-refractivity contribution in [3.05, 3.63) is 33.9 Å². The number of likely N-dealkylation sites (N-methyl/N-ethyl adjacent to an activating group) is 1. The maximum Gasteiger partial charge on any atom is 0.416 e. The summed E-state index contributed by atoms with van der Waals surface area (Å²) < 4.78 is 42.7. The molecular weight excluding hydrogens is 389 g/mol. The average Bonchev–Trinajstić information content (AvgIpc) is 2.62. The molecule has 10 nitrogen and oxygen atoms in total. The van der Waals surface area contributed by atoms with Gasteiger partial charge in [0, 0.05) is 13.1 Å². The Morgan fingerprint density at radius 1 is 1.25 bits per heavy atom. The number of nitrogens with zero attached hydrogens (tertiary/aromatic N) is 1. The molecule has 2 amide bonds. The lowest BCUT2D eigenvalue weighted by molar-refractivity contribution is -0.384. The van der Waals surface area contributed by atoms with Gasteiger partial charge in [-0.3, -0.25) is 19.7 Å². The number of amides is 2. The Bertz CT molecular complexity index is 769. The molecule has 0 bridgehead atoms.